The topological polar surface area (TPSA) is 99.9 Å². The number of fused-ring (bicyclic) bond motifs is 1. The minimum Gasteiger partial charge on any atom is -0.452 e. The number of hydrogen-bond donors (Lipinski definition) is 2. The number of esters is 1. The van der Waals surface area contributed by atoms with E-state index >= 15 is 0 Å². The van der Waals surface area contributed by atoms with Crippen LogP contribution in [0.25, 0.3) is 0 Å². The second kappa shape index (κ2) is 7.24. The Bertz CT molecular complexity index is 940. The Labute approximate surface area is 166 Å². The van der Waals surface area contributed by atoms with Gasteiger partial charge in [0.1, 0.15) is 0 Å². The quantitative estimate of drug-likeness (QED) is 0.596. The molecule has 2 aromatic carbocycles. The number of nitrogen functional groups attached to an aromatic ring is 1. The first-order valence-electron chi connectivity index (χ1n) is 8.98. The lowest BCUT2D eigenvalue weighted by molar-refractivity contribution is -0.119. The number of anilines is 2. The van der Waals surface area contributed by atoms with Crippen molar-refractivity contribution in [3.8, 4) is 11.5 Å². The third-order valence-corrected chi connectivity index (χ3v) is 4.99. The summed E-state index contributed by atoms with van der Waals surface area (Å²) in [6.45, 7) is -0.455. The van der Waals surface area contributed by atoms with Crippen LogP contribution >= 0.6 is 11.6 Å². The Balaban J connectivity index is 1.35. The van der Waals surface area contributed by atoms with E-state index in [1.165, 1.54) is 12.1 Å². The predicted molar refractivity (Wildman–Crippen MR) is 104 cm³/mol. The first-order valence-corrected chi connectivity index (χ1v) is 9.36. The van der Waals surface area contributed by atoms with Crippen LogP contribution in [0, 0.1) is 0 Å². The van der Waals surface area contributed by atoms with Crippen LogP contribution in [0.5, 0.6) is 11.5 Å². The molecule has 1 heterocycles. The molecule has 1 saturated carbocycles. The van der Waals surface area contributed by atoms with Crippen molar-refractivity contribution in [2.24, 2.45) is 0 Å². The zero-order chi connectivity index (χ0) is 19.7. The van der Waals surface area contributed by atoms with Gasteiger partial charge in [-0.25, -0.2) is 4.79 Å². The fourth-order valence-corrected chi connectivity index (χ4v) is 3.57. The molecule has 8 heteroatoms. The third-order valence-electron chi connectivity index (χ3n) is 4.75. The Kier molecular flexibility index (Phi) is 4.77. The van der Waals surface area contributed by atoms with Crippen molar-refractivity contribution in [2.75, 3.05) is 17.7 Å². The molecule has 0 saturated heterocycles. The lowest BCUT2D eigenvalue weighted by Gasteiger charge is -2.21. The third kappa shape index (κ3) is 3.71. The zero-order valence-electron chi connectivity index (χ0n) is 15.0. The maximum Gasteiger partial charge on any atom is 0.340 e. The Morgan fingerprint density at radius 2 is 1.86 bits per heavy atom. The number of carbonyl (C=O) groups is 2. The molecule has 0 radical (unpaired) electrons. The molecule has 1 amide bonds. The number of halogens is 1. The van der Waals surface area contributed by atoms with Crippen molar-refractivity contribution >= 4 is 34.9 Å². The van der Waals surface area contributed by atoms with Gasteiger partial charge in [-0.15, -0.1) is 0 Å². The number of benzene rings is 2. The average Bonchev–Trinajstić information content (AvgIpc) is 3.27. The summed E-state index contributed by atoms with van der Waals surface area (Å²) in [5.41, 5.74) is 6.61. The monoisotopic (exact) mass is 402 g/mol. The summed E-state index contributed by atoms with van der Waals surface area (Å²) in [5.74, 6) is -0.490. The first-order chi connectivity index (χ1) is 13.4. The van der Waals surface area contributed by atoms with Crippen LogP contribution in [0.3, 0.4) is 0 Å². The van der Waals surface area contributed by atoms with Gasteiger partial charge in [0.2, 0.25) is 0 Å². The number of carbonyl (C=O) groups excluding carboxylic acids is 2. The van der Waals surface area contributed by atoms with Crippen molar-refractivity contribution < 1.29 is 23.8 Å². The van der Waals surface area contributed by atoms with E-state index in [1.807, 2.05) is 0 Å². The van der Waals surface area contributed by atoms with Crippen molar-refractivity contribution in [3.05, 3.63) is 47.0 Å². The number of hydrogen-bond acceptors (Lipinski definition) is 6. The van der Waals surface area contributed by atoms with Crippen LogP contribution in [0.15, 0.2) is 36.4 Å². The largest absolute Gasteiger partial charge is 0.452 e. The second-order valence-corrected chi connectivity index (χ2v) is 7.28. The van der Waals surface area contributed by atoms with E-state index in [0.717, 1.165) is 25.7 Å². The van der Waals surface area contributed by atoms with Crippen LogP contribution in [0.1, 0.15) is 36.0 Å². The van der Waals surface area contributed by atoms with Gasteiger partial charge in [-0.3, -0.25) is 4.79 Å². The normalized spacial score (nSPS) is 16.2. The van der Waals surface area contributed by atoms with Gasteiger partial charge in [-0.1, -0.05) is 11.6 Å². The number of ether oxygens (including phenoxy) is 3. The molecule has 0 unspecified atom stereocenters. The molecular formula is C20H19ClN2O5. The van der Waals surface area contributed by atoms with Crippen LogP contribution in [-0.4, -0.2) is 24.3 Å². The summed E-state index contributed by atoms with van der Waals surface area (Å²) >= 11 is 5.86. The molecule has 146 valence electrons. The van der Waals surface area contributed by atoms with E-state index in [0.29, 0.717) is 22.2 Å². The number of amides is 1. The van der Waals surface area contributed by atoms with Gasteiger partial charge in [0.25, 0.3) is 11.7 Å². The fourth-order valence-electron chi connectivity index (χ4n) is 3.40. The maximum absolute atomic E-state index is 12.1. The summed E-state index contributed by atoms with van der Waals surface area (Å²) in [6, 6.07) is 9.64. The van der Waals surface area contributed by atoms with Crippen LogP contribution in [-0.2, 0) is 9.53 Å². The predicted octanol–water partition coefficient (Wildman–Crippen LogP) is 3.76. The summed E-state index contributed by atoms with van der Waals surface area (Å²) in [4.78, 5) is 24.2. The van der Waals surface area contributed by atoms with E-state index < -0.39 is 24.3 Å². The highest BCUT2D eigenvalue weighted by Gasteiger charge is 2.44. The highest BCUT2D eigenvalue weighted by Crippen LogP contribution is 2.47. The highest BCUT2D eigenvalue weighted by molar-refractivity contribution is 6.31. The van der Waals surface area contributed by atoms with Gasteiger partial charge >= 0.3 is 5.97 Å². The summed E-state index contributed by atoms with van der Waals surface area (Å²) in [5, 5.41) is 3.03. The van der Waals surface area contributed by atoms with Crippen LogP contribution < -0.4 is 20.5 Å². The molecule has 3 N–H and O–H groups in total. The summed E-state index contributed by atoms with van der Waals surface area (Å²) < 4.78 is 16.9. The maximum atomic E-state index is 12.1. The molecule has 7 nitrogen and oxygen atoms in total. The molecule has 1 aliphatic heterocycles. The first kappa shape index (κ1) is 18.4. The van der Waals surface area contributed by atoms with Gasteiger partial charge in [0, 0.05) is 35.3 Å². The zero-order valence-corrected chi connectivity index (χ0v) is 15.8. The van der Waals surface area contributed by atoms with Crippen LogP contribution in [0.2, 0.25) is 5.02 Å². The van der Waals surface area contributed by atoms with Crippen molar-refractivity contribution in [3.63, 3.8) is 0 Å². The highest BCUT2D eigenvalue weighted by atomic mass is 35.5. The average molecular weight is 403 g/mol. The lowest BCUT2D eigenvalue weighted by Crippen LogP contribution is -2.34. The summed E-state index contributed by atoms with van der Waals surface area (Å²) in [6.07, 6.45) is 3.85. The standard InChI is InChI=1S/C20H19ClN2O5/c21-12-3-5-15(22)14(9-12)19(25)26-11-18(24)23-13-4-6-16-17(10-13)28-20(27-16)7-1-2-8-20/h3-6,9-10H,1-2,7-8,11,22H2,(H,23,24). The van der Waals surface area contributed by atoms with E-state index in [-0.39, 0.29) is 11.3 Å². The van der Waals surface area contributed by atoms with Crippen molar-refractivity contribution in [1.82, 2.24) is 0 Å². The summed E-state index contributed by atoms with van der Waals surface area (Å²) in [7, 11) is 0. The van der Waals surface area contributed by atoms with E-state index in [2.05, 4.69) is 5.32 Å². The second-order valence-electron chi connectivity index (χ2n) is 6.84. The van der Waals surface area contributed by atoms with Gasteiger partial charge in [-0.05, 0) is 43.2 Å². The molecule has 2 aliphatic rings. The Hall–Kier alpha value is -2.93. The van der Waals surface area contributed by atoms with Crippen molar-refractivity contribution in [2.45, 2.75) is 31.5 Å². The van der Waals surface area contributed by atoms with Crippen LogP contribution in [0.4, 0.5) is 11.4 Å². The van der Waals surface area contributed by atoms with Gasteiger partial charge in [0.15, 0.2) is 18.1 Å². The Morgan fingerprint density at radius 1 is 1.11 bits per heavy atom. The number of nitrogens with one attached hydrogen (secondary N) is 1. The SMILES string of the molecule is Nc1ccc(Cl)cc1C(=O)OCC(=O)Nc1ccc2c(c1)OC1(CCCC1)O2. The number of rotatable bonds is 4. The molecule has 0 bridgehead atoms. The Morgan fingerprint density at radius 3 is 2.64 bits per heavy atom. The molecular weight excluding hydrogens is 384 g/mol. The van der Waals surface area contributed by atoms with Gasteiger partial charge in [-0.2, -0.15) is 0 Å². The van der Waals surface area contributed by atoms with Crippen molar-refractivity contribution in [1.29, 1.82) is 0 Å². The van der Waals surface area contributed by atoms with Gasteiger partial charge in [0.05, 0.1) is 5.56 Å². The molecule has 4 rings (SSSR count). The number of nitrogens with two attached hydrogens (primary N) is 1. The smallest absolute Gasteiger partial charge is 0.340 e. The molecule has 1 aliphatic carbocycles. The molecule has 28 heavy (non-hydrogen) atoms. The van der Waals surface area contributed by atoms with Gasteiger partial charge < -0.3 is 25.3 Å². The molecule has 0 aromatic heterocycles. The molecule has 1 spiro atoms. The molecule has 2 aromatic rings. The molecule has 1 fully saturated rings. The van der Waals surface area contributed by atoms with E-state index in [1.54, 1.807) is 24.3 Å². The van der Waals surface area contributed by atoms with E-state index in [9.17, 15) is 9.59 Å². The molecule has 0 atom stereocenters. The minimum absolute atomic E-state index is 0.116. The van der Waals surface area contributed by atoms with E-state index in [4.69, 9.17) is 31.5 Å². The fraction of sp³-hybridized carbons (Fsp3) is 0.300. The minimum atomic E-state index is -0.719. The lowest BCUT2D eigenvalue weighted by atomic mass is 10.2.